The van der Waals surface area contributed by atoms with Crippen molar-refractivity contribution in [3.63, 3.8) is 0 Å². The smallest absolute Gasteiger partial charge is 0.248 e. The molecule has 3 N–H and O–H groups in total. The average molecular weight is 257 g/mol. The van der Waals surface area contributed by atoms with Crippen molar-refractivity contribution in [2.24, 2.45) is 5.73 Å². The van der Waals surface area contributed by atoms with Crippen LogP contribution in [0.4, 0.5) is 11.4 Å². The first kappa shape index (κ1) is 11.0. The van der Waals surface area contributed by atoms with Crippen LogP contribution in [0, 0.1) is 0 Å². The zero-order chi connectivity index (χ0) is 12.7. The molecule has 2 aliphatic rings. The Balaban J connectivity index is 2.13. The van der Waals surface area contributed by atoms with Crippen molar-refractivity contribution >= 4 is 34.5 Å². The summed E-state index contributed by atoms with van der Waals surface area (Å²) in [6.45, 7) is 0. The highest BCUT2D eigenvalue weighted by molar-refractivity contribution is 7.81. The summed E-state index contributed by atoms with van der Waals surface area (Å²) in [7, 11) is 0. The molecule has 3 rings (SSSR count). The van der Waals surface area contributed by atoms with Crippen LogP contribution in [-0.4, -0.2) is 10.9 Å². The van der Waals surface area contributed by atoms with Crippen LogP contribution < -0.4 is 16.0 Å². The minimum absolute atomic E-state index is 0.443. The molecule has 18 heavy (non-hydrogen) atoms. The van der Waals surface area contributed by atoms with E-state index in [0.29, 0.717) is 10.6 Å². The molecule has 0 fully saturated rings. The molecule has 0 saturated carbocycles. The topological polar surface area (TPSA) is 58.4 Å². The molecule has 0 radical (unpaired) electrons. The van der Waals surface area contributed by atoms with Crippen LogP contribution in [0.5, 0.6) is 0 Å². The number of nitrogens with one attached hydrogen (secondary N) is 1. The summed E-state index contributed by atoms with van der Waals surface area (Å²) in [6, 6.07) is 5.31. The minimum atomic E-state index is -0.443. The van der Waals surface area contributed by atoms with Gasteiger partial charge in [0.15, 0.2) is 0 Å². The Kier molecular flexibility index (Phi) is 2.41. The van der Waals surface area contributed by atoms with E-state index in [2.05, 4.69) is 17.5 Å². The molecule has 2 aliphatic heterocycles. The van der Waals surface area contributed by atoms with E-state index in [4.69, 9.17) is 18.0 Å². The van der Waals surface area contributed by atoms with Gasteiger partial charge in [-0.15, -0.1) is 0 Å². The fourth-order valence-corrected chi connectivity index (χ4v) is 2.41. The maximum atomic E-state index is 11.2. The highest BCUT2D eigenvalue weighted by Gasteiger charge is 2.25. The van der Waals surface area contributed by atoms with Crippen LogP contribution in [0.25, 0.3) is 0 Å². The van der Waals surface area contributed by atoms with E-state index < -0.39 is 5.91 Å². The normalized spacial score (nSPS) is 16.6. The number of rotatable bonds is 1. The van der Waals surface area contributed by atoms with E-state index in [1.165, 1.54) is 0 Å². The standard InChI is InChI=1S/C13H11N3OS/c14-12(17)8-4-5-10-9(7-8)15-13(18)11-3-1-2-6-16(10)11/h2-7H,1H2,(H2,14,17)(H,15,18). The Labute approximate surface area is 110 Å². The second-order valence-electron chi connectivity index (χ2n) is 4.13. The summed E-state index contributed by atoms with van der Waals surface area (Å²) in [6.07, 6.45) is 7.00. The quantitative estimate of drug-likeness (QED) is 0.757. The number of amides is 1. The predicted octanol–water partition coefficient (Wildman–Crippen LogP) is 2.15. The fourth-order valence-electron chi connectivity index (χ4n) is 2.12. The Hall–Kier alpha value is -2.14. The van der Waals surface area contributed by atoms with E-state index in [9.17, 15) is 4.79 Å². The fraction of sp³-hybridized carbons (Fsp3) is 0.0769. The van der Waals surface area contributed by atoms with Gasteiger partial charge in [-0.25, -0.2) is 0 Å². The summed E-state index contributed by atoms with van der Waals surface area (Å²) >= 11 is 5.32. The molecule has 0 bridgehead atoms. The van der Waals surface area contributed by atoms with Crippen LogP contribution >= 0.6 is 12.2 Å². The van der Waals surface area contributed by atoms with E-state index in [-0.39, 0.29) is 0 Å². The first-order valence-corrected chi connectivity index (χ1v) is 5.99. The minimum Gasteiger partial charge on any atom is -0.366 e. The van der Waals surface area contributed by atoms with Gasteiger partial charge in [0.1, 0.15) is 4.99 Å². The van der Waals surface area contributed by atoms with E-state index >= 15 is 0 Å². The van der Waals surface area contributed by atoms with Crippen molar-refractivity contribution in [1.82, 2.24) is 0 Å². The second kappa shape index (κ2) is 3.96. The van der Waals surface area contributed by atoms with Crippen LogP contribution in [-0.2, 0) is 0 Å². The Morgan fingerprint density at radius 3 is 3.06 bits per heavy atom. The molecule has 2 heterocycles. The molecule has 1 amide bonds. The third-order valence-electron chi connectivity index (χ3n) is 2.98. The second-order valence-corrected chi connectivity index (χ2v) is 4.54. The number of fused-ring (bicyclic) bond motifs is 3. The predicted molar refractivity (Wildman–Crippen MR) is 75.5 cm³/mol. The molecule has 1 aromatic carbocycles. The maximum absolute atomic E-state index is 11.2. The number of anilines is 2. The van der Waals surface area contributed by atoms with Gasteiger partial charge in [0.05, 0.1) is 17.1 Å². The molecule has 0 unspecified atom stereocenters. The molecule has 0 atom stereocenters. The molecule has 1 aromatic rings. The number of carbonyl (C=O) groups is 1. The molecule has 0 aliphatic carbocycles. The van der Waals surface area contributed by atoms with Crippen molar-refractivity contribution in [3.05, 3.63) is 47.8 Å². The first-order chi connectivity index (χ1) is 8.66. The number of benzene rings is 1. The number of hydrogen-bond donors (Lipinski definition) is 2. The largest absolute Gasteiger partial charge is 0.366 e. The lowest BCUT2D eigenvalue weighted by atomic mass is 10.1. The van der Waals surface area contributed by atoms with Gasteiger partial charge in [0, 0.05) is 11.8 Å². The van der Waals surface area contributed by atoms with Crippen LogP contribution in [0.3, 0.4) is 0 Å². The van der Waals surface area contributed by atoms with Gasteiger partial charge in [-0.05, 0) is 24.6 Å². The number of primary amides is 1. The van der Waals surface area contributed by atoms with E-state index in [1.54, 1.807) is 12.1 Å². The first-order valence-electron chi connectivity index (χ1n) is 5.58. The van der Waals surface area contributed by atoms with Crippen LogP contribution in [0.1, 0.15) is 16.8 Å². The van der Waals surface area contributed by atoms with Crippen LogP contribution in [0.15, 0.2) is 42.2 Å². The van der Waals surface area contributed by atoms with Gasteiger partial charge < -0.3 is 16.0 Å². The van der Waals surface area contributed by atoms with Gasteiger partial charge in [-0.2, -0.15) is 0 Å². The maximum Gasteiger partial charge on any atom is 0.248 e. The van der Waals surface area contributed by atoms with Crippen molar-refractivity contribution in [2.45, 2.75) is 6.42 Å². The molecular weight excluding hydrogens is 246 g/mol. The Morgan fingerprint density at radius 1 is 1.44 bits per heavy atom. The highest BCUT2D eigenvalue weighted by atomic mass is 32.1. The van der Waals surface area contributed by atoms with Gasteiger partial charge in [-0.1, -0.05) is 24.4 Å². The zero-order valence-electron chi connectivity index (χ0n) is 9.51. The van der Waals surface area contributed by atoms with Crippen LogP contribution in [0.2, 0.25) is 0 Å². The number of nitrogens with zero attached hydrogens (tertiary/aromatic N) is 1. The lowest BCUT2D eigenvalue weighted by Gasteiger charge is -2.33. The molecule has 4 nitrogen and oxygen atoms in total. The molecular formula is C13H11N3OS. The summed E-state index contributed by atoms with van der Waals surface area (Å²) in [5.41, 5.74) is 8.50. The van der Waals surface area contributed by atoms with Gasteiger partial charge in [0.2, 0.25) is 5.91 Å². The van der Waals surface area contributed by atoms with Crippen molar-refractivity contribution in [2.75, 3.05) is 10.2 Å². The molecule has 0 saturated heterocycles. The van der Waals surface area contributed by atoms with E-state index in [0.717, 1.165) is 23.5 Å². The SMILES string of the molecule is NC(=O)c1ccc2c(c1)NC(=S)C1=CCC=CN12. The molecule has 0 aromatic heterocycles. The Morgan fingerprint density at radius 2 is 2.28 bits per heavy atom. The summed E-state index contributed by atoms with van der Waals surface area (Å²) in [5.74, 6) is -0.443. The Bertz CT molecular complexity index is 619. The average Bonchev–Trinajstić information content (AvgIpc) is 2.38. The number of hydrogen-bond acceptors (Lipinski definition) is 3. The van der Waals surface area contributed by atoms with E-state index in [1.807, 2.05) is 17.2 Å². The highest BCUT2D eigenvalue weighted by Crippen LogP contribution is 2.36. The third kappa shape index (κ3) is 1.60. The molecule has 90 valence electrons. The number of nitrogens with two attached hydrogens (primary N) is 1. The third-order valence-corrected chi connectivity index (χ3v) is 3.29. The summed E-state index contributed by atoms with van der Waals surface area (Å²) in [4.78, 5) is 13.9. The monoisotopic (exact) mass is 257 g/mol. The number of thiocarbonyl (C=S) groups is 1. The lowest BCUT2D eigenvalue weighted by Crippen LogP contribution is -2.32. The number of allylic oxidation sites excluding steroid dienone is 2. The van der Waals surface area contributed by atoms with Gasteiger partial charge >= 0.3 is 0 Å². The van der Waals surface area contributed by atoms with Crippen molar-refractivity contribution in [3.8, 4) is 0 Å². The zero-order valence-corrected chi connectivity index (χ0v) is 10.3. The van der Waals surface area contributed by atoms with Crippen molar-refractivity contribution in [1.29, 1.82) is 0 Å². The van der Waals surface area contributed by atoms with Gasteiger partial charge in [-0.3, -0.25) is 4.79 Å². The lowest BCUT2D eigenvalue weighted by molar-refractivity contribution is 0.100. The molecule has 5 heteroatoms. The van der Waals surface area contributed by atoms with Crippen molar-refractivity contribution < 1.29 is 4.79 Å². The summed E-state index contributed by atoms with van der Waals surface area (Å²) in [5, 5.41) is 3.13. The number of carbonyl (C=O) groups excluding carboxylic acids is 1. The molecule has 0 spiro atoms. The van der Waals surface area contributed by atoms with Gasteiger partial charge in [0.25, 0.3) is 0 Å². The summed E-state index contributed by atoms with van der Waals surface area (Å²) < 4.78 is 0.